The van der Waals surface area contributed by atoms with Crippen LogP contribution >= 0.6 is 0 Å². The number of hydrogen-bond donors (Lipinski definition) is 0. The number of halogens is 6. The van der Waals surface area contributed by atoms with Crippen molar-refractivity contribution in [2.24, 2.45) is 0 Å². The summed E-state index contributed by atoms with van der Waals surface area (Å²) in [4.78, 5) is 0. The number of rotatable bonds is 5. The van der Waals surface area contributed by atoms with Crippen LogP contribution in [0, 0.1) is 41.8 Å². The molecule has 0 spiro atoms. The lowest BCUT2D eigenvalue weighted by molar-refractivity contribution is 0.314. The molecule has 0 aliphatic heterocycles. The van der Waals surface area contributed by atoms with Gasteiger partial charge in [-0.3, -0.25) is 0 Å². The lowest BCUT2D eigenvalue weighted by atomic mass is 9.75. The molecule has 4 rings (SSSR count). The first kappa shape index (κ1) is 24.2. The Morgan fingerprint density at radius 3 is 1.65 bits per heavy atom. The van der Waals surface area contributed by atoms with E-state index < -0.39 is 40.5 Å². The fourth-order valence-corrected chi connectivity index (χ4v) is 4.79. The number of ether oxygens (including phenoxy) is 1. The Kier molecular flexibility index (Phi) is 6.91. The molecule has 1 nitrogen and oxygen atoms in total. The van der Waals surface area contributed by atoms with Gasteiger partial charge in [0.15, 0.2) is 34.8 Å². The quantitative estimate of drug-likeness (QED) is 0.335. The lowest BCUT2D eigenvalue weighted by Crippen LogP contribution is -2.15. The van der Waals surface area contributed by atoms with Crippen molar-refractivity contribution in [3.63, 3.8) is 0 Å². The maximum Gasteiger partial charge on any atom is 0.201 e. The SMILES string of the molecule is CCOc1ccc(-c2ccc(C3CCC(c4ccc(C)c(F)c4F)CC3)c(F)c2F)c(F)c1F. The summed E-state index contributed by atoms with van der Waals surface area (Å²) in [6, 6.07) is 8.08. The molecule has 0 amide bonds. The van der Waals surface area contributed by atoms with Crippen molar-refractivity contribution in [3.05, 3.63) is 88.0 Å². The summed E-state index contributed by atoms with van der Waals surface area (Å²) in [6.45, 7) is 3.23. The van der Waals surface area contributed by atoms with Crippen LogP contribution in [0.2, 0.25) is 0 Å². The third-order valence-electron chi connectivity index (χ3n) is 6.66. The second-order valence-electron chi connectivity index (χ2n) is 8.65. The van der Waals surface area contributed by atoms with Gasteiger partial charge in [-0.15, -0.1) is 0 Å². The Morgan fingerprint density at radius 2 is 1.09 bits per heavy atom. The lowest BCUT2D eigenvalue weighted by Gasteiger charge is -2.30. The van der Waals surface area contributed by atoms with Gasteiger partial charge in [0.2, 0.25) is 5.82 Å². The predicted molar refractivity (Wildman–Crippen MR) is 118 cm³/mol. The van der Waals surface area contributed by atoms with Gasteiger partial charge < -0.3 is 4.74 Å². The van der Waals surface area contributed by atoms with Crippen molar-refractivity contribution in [2.75, 3.05) is 6.61 Å². The zero-order valence-corrected chi connectivity index (χ0v) is 18.8. The first-order valence-electron chi connectivity index (χ1n) is 11.3. The number of benzene rings is 3. The molecule has 0 saturated heterocycles. The van der Waals surface area contributed by atoms with Crippen LogP contribution in [-0.4, -0.2) is 6.61 Å². The van der Waals surface area contributed by atoms with Gasteiger partial charge in [-0.05, 0) is 80.2 Å². The van der Waals surface area contributed by atoms with Gasteiger partial charge in [-0.1, -0.05) is 24.3 Å². The van der Waals surface area contributed by atoms with Gasteiger partial charge in [0, 0.05) is 11.1 Å². The average molecular weight is 478 g/mol. The minimum Gasteiger partial charge on any atom is -0.491 e. The summed E-state index contributed by atoms with van der Waals surface area (Å²) in [5.41, 5.74) is -0.105. The maximum absolute atomic E-state index is 15.0. The fourth-order valence-electron chi connectivity index (χ4n) is 4.79. The van der Waals surface area contributed by atoms with Gasteiger partial charge in [0.05, 0.1) is 6.61 Å². The van der Waals surface area contributed by atoms with E-state index in [1.807, 2.05) is 0 Å². The summed E-state index contributed by atoms with van der Waals surface area (Å²) in [7, 11) is 0. The molecule has 0 bridgehead atoms. The molecule has 1 aliphatic rings. The van der Waals surface area contributed by atoms with Gasteiger partial charge in [-0.25, -0.2) is 22.0 Å². The zero-order valence-electron chi connectivity index (χ0n) is 18.8. The molecule has 1 saturated carbocycles. The topological polar surface area (TPSA) is 9.23 Å². The summed E-state index contributed by atoms with van der Waals surface area (Å²) in [6.07, 6.45) is 1.90. The smallest absolute Gasteiger partial charge is 0.201 e. The van der Waals surface area contributed by atoms with E-state index in [1.165, 1.54) is 31.2 Å². The molecule has 34 heavy (non-hydrogen) atoms. The molecule has 180 valence electrons. The molecule has 0 unspecified atom stereocenters. The highest BCUT2D eigenvalue weighted by Crippen LogP contribution is 2.43. The molecule has 0 heterocycles. The molecule has 3 aromatic rings. The Morgan fingerprint density at radius 1 is 0.618 bits per heavy atom. The highest BCUT2D eigenvalue weighted by atomic mass is 19.2. The standard InChI is InChI=1S/C27H24F6O/c1-3-34-21-13-12-20(26(32)27(21)33)19-11-10-18(24(30)25(19)31)16-7-5-15(6-8-16)17-9-4-14(2)22(28)23(17)29/h4,9-13,15-16H,3,5-8H2,1-2H3. The molecule has 0 aromatic heterocycles. The molecule has 7 heteroatoms. The van der Waals surface area contributed by atoms with Crippen LogP contribution in [0.1, 0.15) is 61.1 Å². The Bertz CT molecular complexity index is 1210. The third-order valence-corrected chi connectivity index (χ3v) is 6.66. The summed E-state index contributed by atoms with van der Waals surface area (Å²) in [5.74, 6) is -7.49. The van der Waals surface area contributed by atoms with E-state index >= 15 is 4.39 Å². The van der Waals surface area contributed by atoms with E-state index in [4.69, 9.17) is 4.74 Å². The van der Waals surface area contributed by atoms with E-state index in [1.54, 1.807) is 13.0 Å². The Hall–Kier alpha value is -2.96. The Labute approximate surface area is 194 Å². The number of aryl methyl sites for hydroxylation is 1. The summed E-state index contributed by atoms with van der Waals surface area (Å²) >= 11 is 0. The van der Waals surface area contributed by atoms with Crippen LogP contribution in [-0.2, 0) is 0 Å². The van der Waals surface area contributed by atoms with Crippen molar-refractivity contribution < 1.29 is 31.1 Å². The highest BCUT2D eigenvalue weighted by Gasteiger charge is 2.30. The van der Waals surface area contributed by atoms with Gasteiger partial charge in [0.25, 0.3) is 0 Å². The van der Waals surface area contributed by atoms with Crippen molar-refractivity contribution in [1.29, 1.82) is 0 Å². The monoisotopic (exact) mass is 478 g/mol. The van der Waals surface area contributed by atoms with Crippen LogP contribution in [0.25, 0.3) is 11.1 Å². The highest BCUT2D eigenvalue weighted by molar-refractivity contribution is 5.66. The van der Waals surface area contributed by atoms with E-state index in [2.05, 4.69) is 0 Å². The average Bonchev–Trinajstić information content (AvgIpc) is 2.83. The maximum atomic E-state index is 15.0. The third kappa shape index (κ3) is 4.28. The largest absolute Gasteiger partial charge is 0.491 e. The van der Waals surface area contributed by atoms with Gasteiger partial charge >= 0.3 is 0 Å². The summed E-state index contributed by atoms with van der Waals surface area (Å²) < 4.78 is 92.0. The van der Waals surface area contributed by atoms with Crippen LogP contribution in [0.15, 0.2) is 36.4 Å². The Balaban J connectivity index is 1.56. The minimum absolute atomic E-state index is 0.126. The molecular formula is C27H24F6O. The minimum atomic E-state index is -1.31. The first-order chi connectivity index (χ1) is 16.2. The second kappa shape index (κ2) is 9.72. The van der Waals surface area contributed by atoms with Crippen molar-refractivity contribution >= 4 is 0 Å². The number of hydrogen-bond acceptors (Lipinski definition) is 1. The van der Waals surface area contributed by atoms with Crippen molar-refractivity contribution in [3.8, 4) is 16.9 Å². The fraction of sp³-hybridized carbons (Fsp3) is 0.333. The van der Waals surface area contributed by atoms with Crippen LogP contribution < -0.4 is 4.74 Å². The zero-order chi connectivity index (χ0) is 24.6. The molecule has 3 aromatic carbocycles. The van der Waals surface area contributed by atoms with Gasteiger partial charge in [0.1, 0.15) is 0 Å². The summed E-state index contributed by atoms with van der Waals surface area (Å²) in [5, 5.41) is 0. The van der Waals surface area contributed by atoms with E-state index in [0.717, 1.165) is 6.07 Å². The van der Waals surface area contributed by atoms with Crippen molar-refractivity contribution in [2.45, 2.75) is 51.4 Å². The van der Waals surface area contributed by atoms with Crippen molar-refractivity contribution in [1.82, 2.24) is 0 Å². The van der Waals surface area contributed by atoms with Crippen LogP contribution in [0.4, 0.5) is 26.3 Å². The predicted octanol–water partition coefficient (Wildman–Crippen LogP) is 8.34. The van der Waals surface area contributed by atoms with Gasteiger partial charge in [-0.2, -0.15) is 4.39 Å². The second-order valence-corrected chi connectivity index (χ2v) is 8.65. The molecule has 0 radical (unpaired) electrons. The first-order valence-corrected chi connectivity index (χ1v) is 11.3. The van der Waals surface area contributed by atoms with E-state index in [-0.39, 0.29) is 40.9 Å². The molecule has 0 N–H and O–H groups in total. The van der Waals surface area contributed by atoms with E-state index in [0.29, 0.717) is 31.2 Å². The molecule has 1 fully saturated rings. The normalized spacial score (nSPS) is 18.2. The van der Waals surface area contributed by atoms with Crippen LogP contribution in [0.3, 0.4) is 0 Å². The molecule has 1 aliphatic carbocycles. The molecular weight excluding hydrogens is 454 g/mol. The van der Waals surface area contributed by atoms with E-state index in [9.17, 15) is 22.0 Å². The molecule has 0 atom stereocenters. The van der Waals surface area contributed by atoms with Crippen LogP contribution in [0.5, 0.6) is 5.75 Å².